The number of hydrogen-bond donors (Lipinski definition) is 0. The molecule has 0 N–H and O–H groups in total. The van der Waals surface area contributed by atoms with Gasteiger partial charge in [-0.25, -0.2) is 0 Å². The molecule has 46 heavy (non-hydrogen) atoms. The van der Waals surface area contributed by atoms with Crippen molar-refractivity contribution in [2.45, 2.75) is 55.4 Å². The molecule has 0 unspecified atom stereocenters. The van der Waals surface area contributed by atoms with E-state index in [1.807, 2.05) is 136 Å². The Balaban J connectivity index is -0.000000244. The molecule has 0 aliphatic rings. The fourth-order valence-corrected chi connectivity index (χ4v) is 5.11. The SMILES string of the molecule is CCN(CC)C(=S)[S-].CCN(CC)C(=S)[S-].CCN(CC)C(=S)[S-].CCN(CC)C(=S)[S-].[Zr+4].c1ccc(Oc2ccccc2)cc1. The van der Waals surface area contributed by atoms with Gasteiger partial charge in [-0.15, -0.1) is 0 Å². The maximum Gasteiger partial charge on any atom is 4.00 e. The van der Waals surface area contributed by atoms with Crippen LogP contribution in [0.2, 0.25) is 0 Å². The molecule has 0 amide bonds. The second-order valence-corrected chi connectivity index (χ2v) is 12.6. The Labute approximate surface area is 343 Å². The molecule has 0 aliphatic carbocycles. The number of benzene rings is 2. The third-order valence-electron chi connectivity index (χ3n) is 5.81. The Morgan fingerprint density at radius 1 is 0.435 bits per heavy atom. The summed E-state index contributed by atoms with van der Waals surface area (Å²) in [5.74, 6) is 1.74. The zero-order valence-electron chi connectivity index (χ0n) is 28.4. The van der Waals surface area contributed by atoms with E-state index in [9.17, 15) is 0 Å². The molecule has 256 valence electrons. The monoisotopic (exact) mass is 852 g/mol. The standard InChI is InChI=1S/C12H10O.4C5H11NS2.Zr/c1-3-7-11(8-4-1)13-12-9-5-2-6-10-12;4*1-3-6(4-2)5(7)8;/h1-10H;4*3-4H2,1-2H3,(H,7,8);/q;;;;;+4/p-4. The molecule has 0 saturated heterocycles. The van der Waals surface area contributed by atoms with Gasteiger partial charge in [-0.1, -0.05) is 53.7 Å². The van der Waals surface area contributed by atoms with Crippen LogP contribution < -0.4 is 4.74 Å². The molecule has 0 spiro atoms. The van der Waals surface area contributed by atoms with Gasteiger partial charge in [-0.3, -0.25) is 0 Å². The molecular weight excluding hydrogens is 804 g/mol. The largest absolute Gasteiger partial charge is 4.00 e. The third kappa shape index (κ3) is 29.7. The fraction of sp³-hybridized carbons (Fsp3) is 0.500. The first-order chi connectivity index (χ1) is 21.3. The van der Waals surface area contributed by atoms with Crippen molar-refractivity contribution >= 4 is 117 Å². The first-order valence-corrected chi connectivity index (χ1v) is 18.2. The second-order valence-electron chi connectivity index (χ2n) is 8.48. The third-order valence-corrected chi connectivity index (χ3v) is 7.87. The summed E-state index contributed by atoms with van der Waals surface area (Å²) < 4.78 is 7.89. The van der Waals surface area contributed by atoms with E-state index < -0.39 is 0 Å². The molecule has 2 rings (SSSR count). The van der Waals surface area contributed by atoms with Crippen molar-refractivity contribution in [2.75, 3.05) is 52.4 Å². The summed E-state index contributed by atoms with van der Waals surface area (Å²) in [6.45, 7) is 23.8. The predicted octanol–water partition coefficient (Wildman–Crippen LogP) is 8.12. The Bertz CT molecular complexity index is 898. The van der Waals surface area contributed by atoms with E-state index in [4.69, 9.17) is 104 Å². The molecular formula is C32H50N4OS8Zr. The number of para-hydroxylation sites is 2. The van der Waals surface area contributed by atoms with Gasteiger partial charge in [-0.05, 0) is 79.7 Å². The minimum Gasteiger partial charge on any atom is -0.457 e. The van der Waals surface area contributed by atoms with Crippen LogP contribution in [0.4, 0.5) is 0 Å². The van der Waals surface area contributed by atoms with Gasteiger partial charge in [0.1, 0.15) is 11.5 Å². The van der Waals surface area contributed by atoms with E-state index >= 15 is 0 Å². The normalized spacial score (nSPS) is 8.78. The van der Waals surface area contributed by atoms with Crippen molar-refractivity contribution in [3.05, 3.63) is 60.7 Å². The van der Waals surface area contributed by atoms with Gasteiger partial charge in [0.05, 0.1) is 0 Å². The van der Waals surface area contributed by atoms with Crippen molar-refractivity contribution in [3.8, 4) is 11.5 Å². The Morgan fingerprint density at radius 2 is 0.609 bits per heavy atom. The topological polar surface area (TPSA) is 22.2 Å². The van der Waals surface area contributed by atoms with Crippen molar-refractivity contribution in [3.63, 3.8) is 0 Å². The van der Waals surface area contributed by atoms with Gasteiger partial charge in [0, 0.05) is 52.4 Å². The van der Waals surface area contributed by atoms with Crippen molar-refractivity contribution in [1.29, 1.82) is 0 Å². The predicted molar refractivity (Wildman–Crippen MR) is 224 cm³/mol. The quantitative estimate of drug-likeness (QED) is 0.170. The Kier molecular flexibility index (Phi) is 40.8. The fourth-order valence-electron chi connectivity index (χ4n) is 3.04. The number of thiocarbonyl (C=S) groups is 4. The van der Waals surface area contributed by atoms with Crippen LogP contribution in [0.1, 0.15) is 55.4 Å². The number of nitrogens with zero attached hydrogens (tertiary/aromatic N) is 4. The van der Waals surface area contributed by atoms with Gasteiger partial charge in [0.2, 0.25) is 0 Å². The van der Waals surface area contributed by atoms with Crippen LogP contribution in [-0.2, 0) is 76.7 Å². The number of rotatable bonds is 10. The molecule has 2 aromatic rings. The number of hydrogen-bond acceptors (Lipinski definition) is 9. The summed E-state index contributed by atoms with van der Waals surface area (Å²) in [6.07, 6.45) is 0. The summed E-state index contributed by atoms with van der Waals surface area (Å²) in [6, 6.07) is 19.5. The van der Waals surface area contributed by atoms with Crippen LogP contribution in [0.15, 0.2) is 60.7 Å². The van der Waals surface area contributed by atoms with E-state index in [0.717, 1.165) is 63.9 Å². The van der Waals surface area contributed by atoms with Crippen LogP contribution >= 0.6 is 48.9 Å². The Hall–Kier alpha value is -0.437. The van der Waals surface area contributed by atoms with Crippen LogP contribution in [-0.4, -0.2) is 89.2 Å². The summed E-state index contributed by atoms with van der Waals surface area (Å²) in [5, 5.41) is 0. The van der Waals surface area contributed by atoms with Gasteiger partial charge < -0.3 is 124 Å². The maximum absolute atomic E-state index is 5.58. The first kappa shape index (κ1) is 52.4. The zero-order valence-corrected chi connectivity index (χ0v) is 37.4. The van der Waals surface area contributed by atoms with Crippen molar-refractivity contribution in [1.82, 2.24) is 19.6 Å². The molecule has 0 saturated carbocycles. The first-order valence-electron chi connectivity index (χ1n) is 14.9. The average molecular weight is 855 g/mol. The molecule has 0 aliphatic heterocycles. The summed E-state index contributed by atoms with van der Waals surface area (Å²) in [7, 11) is 0. The molecule has 0 bridgehead atoms. The minimum absolute atomic E-state index is 0. The van der Waals surface area contributed by atoms with Gasteiger partial charge >= 0.3 is 26.2 Å². The maximum atomic E-state index is 5.58. The van der Waals surface area contributed by atoms with E-state index in [0.29, 0.717) is 17.3 Å². The Morgan fingerprint density at radius 3 is 0.717 bits per heavy atom. The summed E-state index contributed by atoms with van der Waals surface area (Å²) >= 11 is 38.0. The molecule has 2 aromatic carbocycles. The molecule has 0 atom stereocenters. The summed E-state index contributed by atoms with van der Waals surface area (Å²) in [5.41, 5.74) is 0. The van der Waals surface area contributed by atoms with Crippen LogP contribution in [0.3, 0.4) is 0 Å². The van der Waals surface area contributed by atoms with Crippen LogP contribution in [0.25, 0.3) is 0 Å². The van der Waals surface area contributed by atoms with Gasteiger partial charge in [0.25, 0.3) is 0 Å². The molecule has 0 heterocycles. The van der Waals surface area contributed by atoms with E-state index in [1.54, 1.807) is 0 Å². The van der Waals surface area contributed by atoms with E-state index in [1.165, 1.54) is 0 Å². The van der Waals surface area contributed by atoms with Crippen LogP contribution in [0, 0.1) is 0 Å². The van der Waals surface area contributed by atoms with Gasteiger partial charge in [0.15, 0.2) is 0 Å². The average Bonchev–Trinajstić information content (AvgIpc) is 3.01. The van der Waals surface area contributed by atoms with Crippen molar-refractivity contribution in [2.24, 2.45) is 0 Å². The van der Waals surface area contributed by atoms with Crippen molar-refractivity contribution < 1.29 is 30.9 Å². The molecule has 0 radical (unpaired) electrons. The van der Waals surface area contributed by atoms with Crippen LogP contribution in [0.5, 0.6) is 11.5 Å². The molecule has 0 fully saturated rings. The van der Waals surface area contributed by atoms with E-state index in [2.05, 4.69) is 0 Å². The summed E-state index contributed by atoms with van der Waals surface area (Å²) in [4.78, 5) is 7.85. The smallest absolute Gasteiger partial charge is 0.457 e. The number of ether oxygens (including phenoxy) is 1. The second kappa shape index (κ2) is 35.9. The van der Waals surface area contributed by atoms with E-state index in [-0.39, 0.29) is 26.2 Å². The molecule has 0 aromatic heterocycles. The van der Waals surface area contributed by atoms with Gasteiger partial charge in [-0.2, -0.15) is 0 Å². The molecule has 5 nitrogen and oxygen atoms in total. The minimum atomic E-state index is 0. The zero-order chi connectivity index (χ0) is 35.2. The molecule has 14 heteroatoms.